The van der Waals surface area contributed by atoms with Crippen LogP contribution < -0.4 is 0 Å². The molecule has 86 valence electrons. The summed E-state index contributed by atoms with van der Waals surface area (Å²) in [5.74, 6) is -0.419. The van der Waals surface area contributed by atoms with Crippen LogP contribution in [-0.2, 0) is 4.74 Å². The Balaban J connectivity index is 2.40. The summed E-state index contributed by atoms with van der Waals surface area (Å²) in [6, 6.07) is 3.25. The molecule has 0 aromatic heterocycles. The van der Waals surface area contributed by atoms with Gasteiger partial charge in [0.05, 0.1) is 0 Å². The first-order chi connectivity index (χ1) is 7.65. The van der Waals surface area contributed by atoms with E-state index >= 15 is 0 Å². The van der Waals surface area contributed by atoms with Gasteiger partial charge in [0.15, 0.2) is 0 Å². The van der Waals surface area contributed by atoms with Gasteiger partial charge in [-0.2, -0.15) is 0 Å². The average molecular weight is 285 g/mol. The highest BCUT2D eigenvalue weighted by molar-refractivity contribution is 9.10. The Labute approximate surface area is 103 Å². The Morgan fingerprint density at radius 2 is 2.25 bits per heavy atom. The average Bonchev–Trinajstić information content (AvgIpc) is 2.59. The molecule has 1 heterocycles. The van der Waals surface area contributed by atoms with Crippen LogP contribution in [0.2, 0.25) is 0 Å². The molecule has 1 atom stereocenters. The molecule has 0 radical (unpaired) electrons. The smallest absolute Gasteiger partial charge is 0.342 e. The fraction of sp³-hybridized carbons (Fsp3) is 0.417. The van der Waals surface area contributed by atoms with Gasteiger partial charge in [-0.3, -0.25) is 0 Å². The molecule has 1 aliphatic heterocycles. The number of carbonyl (C=O) groups is 1. The molecule has 0 bridgehead atoms. The van der Waals surface area contributed by atoms with E-state index in [1.807, 2.05) is 0 Å². The molecular weight excluding hydrogens is 272 g/mol. The van der Waals surface area contributed by atoms with Gasteiger partial charge in [-0.15, -0.1) is 0 Å². The molecule has 0 aliphatic carbocycles. The van der Waals surface area contributed by atoms with Gasteiger partial charge >= 0.3 is 5.97 Å². The highest BCUT2D eigenvalue weighted by Gasteiger charge is 2.34. The molecular formula is C12H13BrO3. The van der Waals surface area contributed by atoms with Crippen molar-refractivity contribution in [3.05, 3.63) is 27.7 Å². The first-order valence-corrected chi connectivity index (χ1v) is 6.16. The second kappa shape index (κ2) is 4.45. The maximum Gasteiger partial charge on any atom is 0.342 e. The molecule has 0 saturated heterocycles. The van der Waals surface area contributed by atoms with Crippen molar-refractivity contribution in [2.75, 3.05) is 0 Å². The van der Waals surface area contributed by atoms with Gasteiger partial charge in [-0.05, 0) is 25.0 Å². The molecule has 1 aromatic carbocycles. The summed E-state index contributed by atoms with van der Waals surface area (Å²) in [6.45, 7) is 2.09. The van der Waals surface area contributed by atoms with Crippen LogP contribution in [0.15, 0.2) is 16.6 Å². The zero-order valence-corrected chi connectivity index (χ0v) is 10.6. The van der Waals surface area contributed by atoms with E-state index in [-0.39, 0.29) is 11.9 Å². The number of rotatable bonds is 3. The molecule has 4 heteroatoms. The Morgan fingerprint density at radius 3 is 2.94 bits per heavy atom. The summed E-state index contributed by atoms with van der Waals surface area (Å²) in [5.41, 5.74) is 1.11. The predicted molar refractivity (Wildman–Crippen MR) is 63.5 cm³/mol. The van der Waals surface area contributed by atoms with E-state index in [0.29, 0.717) is 5.56 Å². The molecule has 3 nitrogen and oxygen atoms in total. The van der Waals surface area contributed by atoms with Gasteiger partial charge < -0.3 is 9.84 Å². The van der Waals surface area contributed by atoms with E-state index in [1.165, 1.54) is 6.07 Å². The van der Waals surface area contributed by atoms with Crippen molar-refractivity contribution < 1.29 is 14.6 Å². The topological polar surface area (TPSA) is 46.5 Å². The number of phenols is 1. The van der Waals surface area contributed by atoms with E-state index in [0.717, 1.165) is 29.3 Å². The van der Waals surface area contributed by atoms with Gasteiger partial charge in [0, 0.05) is 10.0 Å². The Kier molecular flexibility index (Phi) is 3.19. The van der Waals surface area contributed by atoms with Crippen LogP contribution in [0.3, 0.4) is 0 Å². The van der Waals surface area contributed by atoms with Crippen LogP contribution in [-0.4, -0.2) is 11.1 Å². The summed E-state index contributed by atoms with van der Waals surface area (Å²) in [7, 11) is 0. The van der Waals surface area contributed by atoms with Gasteiger partial charge in [0.1, 0.15) is 17.4 Å². The van der Waals surface area contributed by atoms with E-state index in [9.17, 15) is 9.90 Å². The van der Waals surface area contributed by atoms with Crippen LogP contribution in [0.5, 0.6) is 5.75 Å². The van der Waals surface area contributed by atoms with Crippen molar-refractivity contribution in [2.45, 2.75) is 32.3 Å². The lowest BCUT2D eigenvalue weighted by Gasteiger charge is -2.11. The fourth-order valence-electron chi connectivity index (χ4n) is 1.95. The van der Waals surface area contributed by atoms with Gasteiger partial charge in [-0.1, -0.05) is 29.3 Å². The number of aromatic hydroxyl groups is 1. The van der Waals surface area contributed by atoms with Crippen molar-refractivity contribution in [3.63, 3.8) is 0 Å². The largest absolute Gasteiger partial charge is 0.507 e. The lowest BCUT2D eigenvalue weighted by Crippen LogP contribution is -1.98. The predicted octanol–water partition coefficient (Wildman–Crippen LogP) is 3.56. The van der Waals surface area contributed by atoms with Crippen LogP contribution in [0.25, 0.3) is 0 Å². The number of phenolic OH excluding ortho intramolecular Hbond substituents is 1. The van der Waals surface area contributed by atoms with Crippen LogP contribution in [0.4, 0.5) is 0 Å². The number of fused-ring (bicyclic) bond motifs is 1. The minimum Gasteiger partial charge on any atom is -0.507 e. The molecule has 0 spiro atoms. The van der Waals surface area contributed by atoms with Crippen molar-refractivity contribution in [2.24, 2.45) is 0 Å². The third-order valence-electron chi connectivity index (χ3n) is 2.77. The van der Waals surface area contributed by atoms with Crippen LogP contribution in [0, 0.1) is 0 Å². The Hall–Kier alpha value is -1.03. The zero-order chi connectivity index (χ0) is 11.7. The summed E-state index contributed by atoms with van der Waals surface area (Å²) in [6.07, 6.45) is 2.64. The lowest BCUT2D eigenvalue weighted by atomic mass is 10.0. The second-order valence-corrected chi connectivity index (χ2v) is 4.75. The molecule has 1 aromatic rings. The Bertz CT molecular complexity index is 429. The van der Waals surface area contributed by atoms with Gasteiger partial charge in [0.25, 0.3) is 0 Å². The van der Waals surface area contributed by atoms with Gasteiger partial charge in [0.2, 0.25) is 0 Å². The number of hydrogen-bond donors (Lipinski definition) is 1. The number of halogens is 1. The number of carbonyl (C=O) groups excluding carboxylic acids is 1. The van der Waals surface area contributed by atoms with E-state index in [4.69, 9.17) is 4.74 Å². The lowest BCUT2D eigenvalue weighted by molar-refractivity contribution is 0.0362. The normalized spacial score (nSPS) is 18.4. The van der Waals surface area contributed by atoms with Crippen LogP contribution in [0.1, 0.15) is 48.2 Å². The van der Waals surface area contributed by atoms with E-state index in [1.54, 1.807) is 6.07 Å². The quantitative estimate of drug-likeness (QED) is 0.864. The fourth-order valence-corrected chi connectivity index (χ4v) is 2.54. The minimum atomic E-state index is -0.421. The van der Waals surface area contributed by atoms with Crippen molar-refractivity contribution in [1.82, 2.24) is 0 Å². The summed E-state index contributed by atoms with van der Waals surface area (Å²) < 4.78 is 6.09. The number of ether oxygens (including phenoxy) is 1. The first kappa shape index (κ1) is 11.5. The Morgan fingerprint density at radius 1 is 1.50 bits per heavy atom. The molecule has 1 N–H and O–H groups in total. The number of unbranched alkanes of at least 4 members (excludes halogenated alkanes) is 1. The number of hydrogen-bond acceptors (Lipinski definition) is 3. The van der Waals surface area contributed by atoms with Crippen molar-refractivity contribution >= 4 is 21.9 Å². The maximum absolute atomic E-state index is 11.6. The summed E-state index contributed by atoms with van der Waals surface area (Å²) >= 11 is 3.40. The molecule has 0 amide bonds. The number of cyclic esters (lactones) is 1. The van der Waals surface area contributed by atoms with E-state index in [2.05, 4.69) is 22.9 Å². The molecule has 16 heavy (non-hydrogen) atoms. The van der Waals surface area contributed by atoms with Crippen LogP contribution >= 0.6 is 15.9 Å². The summed E-state index contributed by atoms with van der Waals surface area (Å²) in [4.78, 5) is 11.6. The summed E-state index contributed by atoms with van der Waals surface area (Å²) in [5, 5.41) is 9.65. The van der Waals surface area contributed by atoms with Crippen molar-refractivity contribution in [1.29, 1.82) is 0 Å². The standard InChI is InChI=1S/C12H13BrO3/c1-2-3-4-9-10-7(13)5-6-8(14)11(10)12(15)16-9/h5-6,9,14H,2-4H2,1H3. The maximum atomic E-state index is 11.6. The molecule has 0 saturated carbocycles. The number of benzene rings is 1. The third-order valence-corrected chi connectivity index (χ3v) is 3.46. The molecule has 2 rings (SSSR count). The van der Waals surface area contributed by atoms with Crippen molar-refractivity contribution in [3.8, 4) is 5.75 Å². The van der Waals surface area contributed by atoms with Gasteiger partial charge in [-0.25, -0.2) is 4.79 Å². The minimum absolute atomic E-state index is 0.00204. The SMILES string of the molecule is CCCCC1OC(=O)c2c(O)ccc(Br)c21. The molecule has 0 fully saturated rings. The highest BCUT2D eigenvalue weighted by atomic mass is 79.9. The first-order valence-electron chi connectivity index (χ1n) is 5.37. The monoisotopic (exact) mass is 284 g/mol. The zero-order valence-electron chi connectivity index (χ0n) is 9.00. The highest BCUT2D eigenvalue weighted by Crippen LogP contribution is 2.42. The second-order valence-electron chi connectivity index (χ2n) is 3.89. The molecule has 1 unspecified atom stereocenters. The third kappa shape index (κ3) is 1.82. The number of esters is 1. The molecule has 1 aliphatic rings. The van der Waals surface area contributed by atoms with E-state index < -0.39 is 5.97 Å².